The topological polar surface area (TPSA) is 0 Å². The van der Waals surface area contributed by atoms with Crippen molar-refractivity contribution in [3.63, 3.8) is 0 Å². The van der Waals surface area contributed by atoms with Crippen LogP contribution in [-0.4, -0.2) is 0 Å². The van der Waals surface area contributed by atoms with Crippen LogP contribution in [0.15, 0.2) is 35.9 Å². The van der Waals surface area contributed by atoms with Gasteiger partial charge in [0.25, 0.3) is 0 Å². The maximum Gasteiger partial charge on any atom is 0.123 e. The van der Waals surface area contributed by atoms with E-state index < -0.39 is 0 Å². The third-order valence-electron chi connectivity index (χ3n) is 3.62. The molecule has 0 heterocycles. The Labute approximate surface area is 109 Å². The van der Waals surface area contributed by atoms with E-state index in [4.69, 9.17) is 0 Å². The average molecular weight is 244 g/mol. The Hall–Kier alpha value is -1.37. The first-order valence-electron chi connectivity index (χ1n) is 6.68. The van der Waals surface area contributed by atoms with Crippen LogP contribution in [0.2, 0.25) is 0 Å². The molecule has 1 heteroatoms. The Kier molecular flexibility index (Phi) is 3.70. The smallest absolute Gasteiger partial charge is 0.123 e. The second-order valence-corrected chi connectivity index (χ2v) is 5.65. The van der Waals surface area contributed by atoms with Gasteiger partial charge >= 0.3 is 0 Å². The number of halogens is 1. The molecule has 1 aliphatic carbocycles. The molecule has 1 aromatic rings. The SMILES string of the molecule is CC(C)C1=CC=C(c2cc(F)ccc2C(C)C)C1. The van der Waals surface area contributed by atoms with Crippen molar-refractivity contribution in [1.82, 2.24) is 0 Å². The summed E-state index contributed by atoms with van der Waals surface area (Å²) in [6, 6.07) is 5.16. The normalized spacial score (nSPS) is 15.3. The molecule has 0 saturated heterocycles. The highest BCUT2D eigenvalue weighted by Gasteiger charge is 2.17. The van der Waals surface area contributed by atoms with Crippen molar-refractivity contribution in [2.75, 3.05) is 0 Å². The molecule has 0 bridgehead atoms. The van der Waals surface area contributed by atoms with E-state index in [2.05, 4.69) is 39.8 Å². The molecule has 0 N–H and O–H groups in total. The molecule has 0 radical (unpaired) electrons. The van der Waals surface area contributed by atoms with Crippen molar-refractivity contribution in [3.05, 3.63) is 52.9 Å². The highest BCUT2D eigenvalue weighted by Crippen LogP contribution is 2.35. The zero-order chi connectivity index (χ0) is 13.3. The summed E-state index contributed by atoms with van der Waals surface area (Å²) < 4.78 is 13.5. The second-order valence-electron chi connectivity index (χ2n) is 5.65. The minimum Gasteiger partial charge on any atom is -0.207 e. The van der Waals surface area contributed by atoms with Crippen LogP contribution in [0.25, 0.3) is 5.57 Å². The second kappa shape index (κ2) is 5.09. The van der Waals surface area contributed by atoms with Crippen LogP contribution >= 0.6 is 0 Å². The summed E-state index contributed by atoms with van der Waals surface area (Å²) in [5, 5.41) is 0. The van der Waals surface area contributed by atoms with Gasteiger partial charge in [0.1, 0.15) is 5.82 Å². The zero-order valence-corrected chi connectivity index (χ0v) is 11.6. The lowest BCUT2D eigenvalue weighted by atomic mass is 9.90. The summed E-state index contributed by atoms with van der Waals surface area (Å²) in [6.07, 6.45) is 5.30. The van der Waals surface area contributed by atoms with Gasteiger partial charge < -0.3 is 0 Å². The molecule has 0 spiro atoms. The number of benzene rings is 1. The predicted octanol–water partition coefficient (Wildman–Crippen LogP) is 5.32. The van der Waals surface area contributed by atoms with Gasteiger partial charge in [0.05, 0.1) is 0 Å². The molecule has 0 fully saturated rings. The molecular weight excluding hydrogens is 223 g/mol. The Morgan fingerprint density at radius 1 is 1.00 bits per heavy atom. The molecule has 0 saturated carbocycles. The Bertz CT molecular complexity index is 504. The van der Waals surface area contributed by atoms with Crippen molar-refractivity contribution < 1.29 is 4.39 Å². The Balaban J connectivity index is 2.33. The van der Waals surface area contributed by atoms with Crippen molar-refractivity contribution in [1.29, 1.82) is 0 Å². The summed E-state index contributed by atoms with van der Waals surface area (Å²) in [6.45, 7) is 8.72. The molecule has 1 aromatic carbocycles. The molecular formula is C17H21F. The highest BCUT2D eigenvalue weighted by atomic mass is 19.1. The summed E-state index contributed by atoms with van der Waals surface area (Å²) in [7, 11) is 0. The standard InChI is InChI=1S/C17H21F/c1-11(2)13-5-6-14(9-13)17-10-15(18)7-8-16(17)12(3)4/h5-8,10-12H,9H2,1-4H3. The van der Waals surface area contributed by atoms with Crippen molar-refractivity contribution in [2.45, 2.75) is 40.0 Å². The first-order chi connectivity index (χ1) is 8.49. The van der Waals surface area contributed by atoms with E-state index in [9.17, 15) is 4.39 Å². The van der Waals surface area contributed by atoms with E-state index in [0.717, 1.165) is 12.0 Å². The fourth-order valence-corrected chi connectivity index (χ4v) is 2.44. The summed E-state index contributed by atoms with van der Waals surface area (Å²) in [5.41, 5.74) is 5.00. The maximum absolute atomic E-state index is 13.5. The van der Waals surface area contributed by atoms with Gasteiger partial charge in [0, 0.05) is 0 Å². The zero-order valence-electron chi connectivity index (χ0n) is 11.6. The molecule has 0 aromatic heterocycles. The fourth-order valence-electron chi connectivity index (χ4n) is 2.44. The molecule has 18 heavy (non-hydrogen) atoms. The molecule has 0 unspecified atom stereocenters. The molecule has 0 nitrogen and oxygen atoms in total. The molecule has 96 valence electrons. The van der Waals surface area contributed by atoms with E-state index in [-0.39, 0.29) is 5.82 Å². The van der Waals surface area contributed by atoms with Gasteiger partial charge in [0.2, 0.25) is 0 Å². The van der Waals surface area contributed by atoms with Crippen LogP contribution in [0.4, 0.5) is 4.39 Å². The maximum atomic E-state index is 13.5. The van der Waals surface area contributed by atoms with Gasteiger partial charge in [-0.1, -0.05) is 51.5 Å². The quantitative estimate of drug-likeness (QED) is 0.675. The number of hydrogen-bond donors (Lipinski definition) is 0. The summed E-state index contributed by atoms with van der Waals surface area (Å²) in [4.78, 5) is 0. The van der Waals surface area contributed by atoms with E-state index >= 15 is 0 Å². The van der Waals surface area contributed by atoms with Crippen molar-refractivity contribution in [2.24, 2.45) is 5.92 Å². The minimum atomic E-state index is -0.145. The van der Waals surface area contributed by atoms with Gasteiger partial charge in [-0.2, -0.15) is 0 Å². The monoisotopic (exact) mass is 244 g/mol. The van der Waals surface area contributed by atoms with E-state index in [1.54, 1.807) is 12.1 Å². The van der Waals surface area contributed by atoms with Crippen molar-refractivity contribution >= 4 is 5.57 Å². The van der Waals surface area contributed by atoms with Gasteiger partial charge in [-0.05, 0) is 47.1 Å². The van der Waals surface area contributed by atoms with Crippen LogP contribution in [0.3, 0.4) is 0 Å². The number of hydrogen-bond acceptors (Lipinski definition) is 0. The van der Waals surface area contributed by atoms with Gasteiger partial charge in [-0.25, -0.2) is 4.39 Å². The first kappa shape index (κ1) is 13.1. The van der Waals surface area contributed by atoms with E-state index in [0.29, 0.717) is 11.8 Å². The third kappa shape index (κ3) is 2.55. The third-order valence-corrected chi connectivity index (χ3v) is 3.62. The van der Waals surface area contributed by atoms with Crippen LogP contribution < -0.4 is 0 Å². The molecule has 1 aliphatic rings. The summed E-state index contributed by atoms with van der Waals surface area (Å²) in [5.74, 6) is 0.840. The highest BCUT2D eigenvalue weighted by molar-refractivity contribution is 5.74. The lowest BCUT2D eigenvalue weighted by molar-refractivity contribution is 0.625. The van der Waals surface area contributed by atoms with Gasteiger partial charge in [0.15, 0.2) is 0 Å². The van der Waals surface area contributed by atoms with E-state index in [1.807, 2.05) is 6.07 Å². The molecule has 0 atom stereocenters. The largest absolute Gasteiger partial charge is 0.207 e. The van der Waals surface area contributed by atoms with Gasteiger partial charge in [-0.15, -0.1) is 0 Å². The minimum absolute atomic E-state index is 0.145. The average Bonchev–Trinajstić information content (AvgIpc) is 2.77. The predicted molar refractivity (Wildman–Crippen MR) is 76.0 cm³/mol. The molecule has 0 amide bonds. The molecule has 2 rings (SSSR count). The van der Waals surface area contributed by atoms with Crippen LogP contribution in [0.5, 0.6) is 0 Å². The Morgan fingerprint density at radius 2 is 1.72 bits per heavy atom. The van der Waals surface area contributed by atoms with Gasteiger partial charge in [-0.3, -0.25) is 0 Å². The van der Waals surface area contributed by atoms with E-state index in [1.165, 1.54) is 16.7 Å². The Morgan fingerprint density at radius 3 is 2.28 bits per heavy atom. The summed E-state index contributed by atoms with van der Waals surface area (Å²) >= 11 is 0. The molecule has 0 aliphatic heterocycles. The lowest BCUT2D eigenvalue weighted by Gasteiger charge is -2.15. The lowest BCUT2D eigenvalue weighted by Crippen LogP contribution is -1.98. The number of rotatable bonds is 3. The first-order valence-corrected chi connectivity index (χ1v) is 6.68. The number of allylic oxidation sites excluding steroid dienone is 4. The van der Waals surface area contributed by atoms with Crippen LogP contribution in [0.1, 0.15) is 51.2 Å². The van der Waals surface area contributed by atoms with Crippen molar-refractivity contribution in [3.8, 4) is 0 Å². The van der Waals surface area contributed by atoms with Crippen LogP contribution in [-0.2, 0) is 0 Å². The fraction of sp³-hybridized carbons (Fsp3) is 0.412. The van der Waals surface area contributed by atoms with Crippen LogP contribution in [0, 0.1) is 11.7 Å².